The molecule has 3 N–H and O–H groups in total. The van der Waals surface area contributed by atoms with E-state index in [-0.39, 0.29) is 17.4 Å². The lowest BCUT2D eigenvalue weighted by atomic mass is 9.99. The van der Waals surface area contributed by atoms with Gasteiger partial charge in [0.05, 0.1) is 11.5 Å². The van der Waals surface area contributed by atoms with Crippen LogP contribution in [-0.2, 0) is 14.6 Å². The van der Waals surface area contributed by atoms with Crippen molar-refractivity contribution in [2.45, 2.75) is 38.8 Å². The first-order chi connectivity index (χ1) is 8.75. The molecule has 1 rings (SSSR count). The SMILES string of the molecule is CC[C@@H](C)[C@H](NC(=O)N[C@H]1CCS(=O)(=O)C1)C(=O)O. The summed E-state index contributed by atoms with van der Waals surface area (Å²) < 4.78 is 22.5. The predicted octanol–water partition coefficient (Wildman–Crippen LogP) is -0.0280. The van der Waals surface area contributed by atoms with Gasteiger partial charge in [0.1, 0.15) is 6.04 Å². The third-order valence-corrected chi connectivity index (χ3v) is 5.10. The Morgan fingerprint density at radius 1 is 1.42 bits per heavy atom. The van der Waals surface area contributed by atoms with Crippen molar-refractivity contribution in [2.24, 2.45) is 5.92 Å². The van der Waals surface area contributed by atoms with E-state index in [2.05, 4.69) is 10.6 Å². The molecule has 0 aromatic heterocycles. The lowest BCUT2D eigenvalue weighted by Crippen LogP contribution is -2.51. The first-order valence-corrected chi connectivity index (χ1v) is 8.07. The van der Waals surface area contributed by atoms with Crippen LogP contribution < -0.4 is 10.6 Å². The summed E-state index contributed by atoms with van der Waals surface area (Å²) in [7, 11) is -3.07. The van der Waals surface area contributed by atoms with Crippen LogP contribution in [0.25, 0.3) is 0 Å². The van der Waals surface area contributed by atoms with E-state index in [4.69, 9.17) is 5.11 Å². The highest BCUT2D eigenvalue weighted by atomic mass is 32.2. The fourth-order valence-corrected chi connectivity index (χ4v) is 3.63. The van der Waals surface area contributed by atoms with Gasteiger partial charge in [0.2, 0.25) is 0 Å². The summed E-state index contributed by atoms with van der Waals surface area (Å²) in [5, 5.41) is 13.9. The van der Waals surface area contributed by atoms with E-state index >= 15 is 0 Å². The van der Waals surface area contributed by atoms with Gasteiger partial charge in [-0.1, -0.05) is 20.3 Å². The van der Waals surface area contributed by atoms with Gasteiger partial charge >= 0.3 is 12.0 Å². The number of carbonyl (C=O) groups excluding carboxylic acids is 1. The van der Waals surface area contributed by atoms with E-state index in [1.165, 1.54) is 0 Å². The largest absolute Gasteiger partial charge is 0.480 e. The number of amides is 2. The highest BCUT2D eigenvalue weighted by molar-refractivity contribution is 7.91. The van der Waals surface area contributed by atoms with Crippen molar-refractivity contribution < 1.29 is 23.1 Å². The van der Waals surface area contributed by atoms with Gasteiger partial charge in [-0.3, -0.25) is 0 Å². The minimum absolute atomic E-state index is 0.0612. The molecule has 1 saturated heterocycles. The molecule has 0 bridgehead atoms. The zero-order valence-electron chi connectivity index (χ0n) is 11.0. The van der Waals surface area contributed by atoms with Crippen molar-refractivity contribution in [2.75, 3.05) is 11.5 Å². The monoisotopic (exact) mass is 292 g/mol. The summed E-state index contributed by atoms with van der Waals surface area (Å²) in [5.74, 6) is -1.31. The minimum Gasteiger partial charge on any atom is -0.480 e. The lowest BCUT2D eigenvalue weighted by molar-refractivity contribution is -0.140. The highest BCUT2D eigenvalue weighted by Gasteiger charge is 2.31. The van der Waals surface area contributed by atoms with Crippen molar-refractivity contribution in [1.82, 2.24) is 10.6 Å². The van der Waals surface area contributed by atoms with Gasteiger partial charge < -0.3 is 15.7 Å². The molecule has 2 amide bonds. The molecule has 0 aromatic rings. The van der Waals surface area contributed by atoms with Crippen LogP contribution in [0.2, 0.25) is 0 Å². The highest BCUT2D eigenvalue weighted by Crippen LogP contribution is 2.12. The van der Waals surface area contributed by atoms with Gasteiger partial charge in [0, 0.05) is 6.04 Å². The molecular weight excluding hydrogens is 272 g/mol. The smallest absolute Gasteiger partial charge is 0.326 e. The zero-order valence-corrected chi connectivity index (χ0v) is 11.9. The van der Waals surface area contributed by atoms with Crippen molar-refractivity contribution in [3.05, 3.63) is 0 Å². The van der Waals surface area contributed by atoms with Crippen LogP contribution in [0.15, 0.2) is 0 Å². The quantitative estimate of drug-likeness (QED) is 0.659. The second-order valence-corrected chi connectivity index (χ2v) is 7.15. The van der Waals surface area contributed by atoms with E-state index in [0.717, 1.165) is 0 Å². The summed E-state index contributed by atoms with van der Waals surface area (Å²) in [5.41, 5.74) is 0. The molecule has 0 aromatic carbocycles. The van der Waals surface area contributed by atoms with E-state index < -0.39 is 33.9 Å². The molecule has 7 nitrogen and oxygen atoms in total. The molecule has 1 aliphatic heterocycles. The number of carbonyl (C=O) groups is 2. The summed E-state index contributed by atoms with van der Waals surface area (Å²) in [6.07, 6.45) is 0.992. The van der Waals surface area contributed by atoms with Crippen LogP contribution in [0.4, 0.5) is 4.79 Å². The number of sulfone groups is 1. The molecule has 1 heterocycles. The van der Waals surface area contributed by atoms with Crippen molar-refractivity contribution in [3.63, 3.8) is 0 Å². The fourth-order valence-electron chi connectivity index (χ4n) is 1.96. The average Bonchev–Trinajstić information content (AvgIpc) is 2.64. The number of carboxylic acid groups (broad SMARTS) is 1. The molecule has 0 saturated carbocycles. The third-order valence-electron chi connectivity index (χ3n) is 3.33. The Kier molecular flexibility index (Phi) is 5.16. The zero-order chi connectivity index (χ0) is 14.6. The van der Waals surface area contributed by atoms with Gasteiger partial charge in [-0.05, 0) is 12.3 Å². The van der Waals surface area contributed by atoms with Gasteiger partial charge in [-0.25, -0.2) is 18.0 Å². The maximum atomic E-state index is 11.7. The summed E-state index contributed by atoms with van der Waals surface area (Å²) >= 11 is 0. The van der Waals surface area contributed by atoms with E-state index in [1.54, 1.807) is 6.92 Å². The molecule has 0 radical (unpaired) electrons. The maximum Gasteiger partial charge on any atom is 0.326 e. The number of hydrogen-bond acceptors (Lipinski definition) is 4. The van der Waals surface area contributed by atoms with Crippen LogP contribution in [0.1, 0.15) is 26.7 Å². The standard InChI is InChI=1S/C11H20N2O5S/c1-3-7(2)9(10(14)15)13-11(16)12-8-4-5-19(17,18)6-8/h7-9H,3-6H2,1-2H3,(H,14,15)(H2,12,13,16)/t7-,8+,9+/m1/s1. The Hall–Kier alpha value is -1.31. The number of urea groups is 1. The van der Waals surface area contributed by atoms with E-state index in [9.17, 15) is 18.0 Å². The molecule has 1 aliphatic rings. The molecule has 0 aliphatic carbocycles. The molecule has 0 spiro atoms. The molecule has 1 fully saturated rings. The van der Waals surface area contributed by atoms with E-state index in [0.29, 0.717) is 12.8 Å². The first kappa shape index (κ1) is 15.7. The van der Waals surface area contributed by atoms with Crippen LogP contribution >= 0.6 is 0 Å². The van der Waals surface area contributed by atoms with Crippen molar-refractivity contribution in [3.8, 4) is 0 Å². The molecule has 3 atom stereocenters. The normalized spacial score (nSPS) is 24.4. The van der Waals surface area contributed by atoms with Crippen LogP contribution in [0.5, 0.6) is 0 Å². The fraction of sp³-hybridized carbons (Fsp3) is 0.818. The molecular formula is C11H20N2O5S. The second-order valence-electron chi connectivity index (χ2n) is 4.92. The molecule has 110 valence electrons. The number of hydrogen-bond donors (Lipinski definition) is 3. The first-order valence-electron chi connectivity index (χ1n) is 6.25. The van der Waals surface area contributed by atoms with Crippen LogP contribution in [0.3, 0.4) is 0 Å². The molecule has 19 heavy (non-hydrogen) atoms. The number of nitrogens with one attached hydrogen (secondary N) is 2. The Morgan fingerprint density at radius 3 is 2.47 bits per heavy atom. The third kappa shape index (κ3) is 4.70. The Labute approximate surface area is 112 Å². The second kappa shape index (κ2) is 6.23. The van der Waals surface area contributed by atoms with Gasteiger partial charge in [-0.15, -0.1) is 0 Å². The molecule has 8 heteroatoms. The van der Waals surface area contributed by atoms with Crippen LogP contribution in [-0.4, -0.2) is 49.1 Å². The number of rotatable bonds is 5. The lowest BCUT2D eigenvalue weighted by Gasteiger charge is -2.21. The topological polar surface area (TPSA) is 113 Å². The van der Waals surface area contributed by atoms with Crippen molar-refractivity contribution >= 4 is 21.8 Å². The average molecular weight is 292 g/mol. The summed E-state index contributed by atoms with van der Waals surface area (Å²) in [6.45, 7) is 3.57. The number of carboxylic acids is 1. The Bertz CT molecular complexity index is 448. The van der Waals surface area contributed by atoms with Crippen molar-refractivity contribution in [1.29, 1.82) is 0 Å². The van der Waals surface area contributed by atoms with Gasteiger partial charge in [0.25, 0.3) is 0 Å². The predicted molar refractivity (Wildman–Crippen MR) is 69.6 cm³/mol. The minimum atomic E-state index is -3.07. The van der Waals surface area contributed by atoms with E-state index in [1.807, 2.05) is 6.92 Å². The summed E-state index contributed by atoms with van der Waals surface area (Å²) in [6, 6.07) is -2.03. The Balaban J connectivity index is 2.52. The Morgan fingerprint density at radius 2 is 2.05 bits per heavy atom. The van der Waals surface area contributed by atoms with Crippen LogP contribution in [0, 0.1) is 5.92 Å². The number of aliphatic carboxylic acids is 1. The van der Waals surface area contributed by atoms with Gasteiger partial charge in [0.15, 0.2) is 9.84 Å². The summed E-state index contributed by atoms with van der Waals surface area (Å²) in [4.78, 5) is 22.7. The van der Waals surface area contributed by atoms with Gasteiger partial charge in [-0.2, -0.15) is 0 Å². The molecule has 0 unspecified atom stereocenters. The maximum absolute atomic E-state index is 11.7.